The second kappa shape index (κ2) is 6.70. The van der Waals surface area contributed by atoms with Crippen LogP contribution in [-0.4, -0.2) is 42.8 Å². The molecule has 19 heavy (non-hydrogen) atoms. The third-order valence-corrected chi connectivity index (χ3v) is 3.39. The van der Waals surface area contributed by atoms with E-state index >= 15 is 0 Å². The molecule has 2 heterocycles. The van der Waals surface area contributed by atoms with Gasteiger partial charge in [0.2, 0.25) is 0 Å². The van der Waals surface area contributed by atoms with Gasteiger partial charge in [-0.25, -0.2) is 9.97 Å². The summed E-state index contributed by atoms with van der Waals surface area (Å²) in [5, 5.41) is 3.29. The summed E-state index contributed by atoms with van der Waals surface area (Å²) in [4.78, 5) is 11.5. The maximum atomic E-state index is 5.42. The van der Waals surface area contributed by atoms with Gasteiger partial charge in [-0.2, -0.15) is 0 Å². The minimum absolute atomic E-state index is 0.326. The average molecular weight is 264 g/mol. The molecule has 0 amide bonds. The second-order valence-electron chi connectivity index (χ2n) is 4.90. The SMILES string of the molecule is CCCc1nc(NCC)cc(N2CCC(OC)C2)n1. The fraction of sp³-hybridized carbons (Fsp3) is 0.714. The van der Waals surface area contributed by atoms with Gasteiger partial charge in [0.15, 0.2) is 0 Å². The predicted molar refractivity (Wildman–Crippen MR) is 77.8 cm³/mol. The van der Waals surface area contributed by atoms with Crippen molar-refractivity contribution in [3.05, 3.63) is 11.9 Å². The smallest absolute Gasteiger partial charge is 0.134 e. The number of hydrogen-bond donors (Lipinski definition) is 1. The molecule has 1 aromatic heterocycles. The van der Waals surface area contributed by atoms with Gasteiger partial charge in [-0.3, -0.25) is 0 Å². The average Bonchev–Trinajstić information content (AvgIpc) is 2.88. The quantitative estimate of drug-likeness (QED) is 0.852. The topological polar surface area (TPSA) is 50.3 Å². The molecule has 1 aliphatic rings. The third kappa shape index (κ3) is 3.56. The van der Waals surface area contributed by atoms with Crippen LogP contribution in [0, 0.1) is 0 Å². The normalized spacial score (nSPS) is 18.9. The molecule has 0 saturated carbocycles. The Morgan fingerprint density at radius 1 is 1.42 bits per heavy atom. The van der Waals surface area contributed by atoms with Crippen LogP contribution >= 0.6 is 0 Å². The van der Waals surface area contributed by atoms with Crippen molar-refractivity contribution >= 4 is 11.6 Å². The molecule has 1 atom stereocenters. The largest absolute Gasteiger partial charge is 0.380 e. The number of aryl methyl sites for hydroxylation is 1. The van der Waals surface area contributed by atoms with Crippen LogP contribution in [0.4, 0.5) is 11.6 Å². The summed E-state index contributed by atoms with van der Waals surface area (Å²) in [7, 11) is 1.78. The lowest BCUT2D eigenvalue weighted by molar-refractivity contribution is 0.121. The molecule has 1 N–H and O–H groups in total. The third-order valence-electron chi connectivity index (χ3n) is 3.39. The molecule has 1 saturated heterocycles. The molecule has 0 bridgehead atoms. The zero-order valence-electron chi connectivity index (χ0n) is 12.1. The van der Waals surface area contributed by atoms with Crippen LogP contribution in [0.1, 0.15) is 32.5 Å². The van der Waals surface area contributed by atoms with E-state index in [4.69, 9.17) is 4.74 Å². The first-order valence-corrected chi connectivity index (χ1v) is 7.16. The van der Waals surface area contributed by atoms with Crippen molar-refractivity contribution in [3.8, 4) is 0 Å². The molecular formula is C14H24N4O. The molecule has 1 fully saturated rings. The number of rotatable bonds is 6. The van der Waals surface area contributed by atoms with E-state index in [1.807, 2.05) is 6.07 Å². The molecule has 0 aromatic carbocycles. The van der Waals surface area contributed by atoms with Crippen molar-refractivity contribution in [2.45, 2.75) is 39.2 Å². The lowest BCUT2D eigenvalue weighted by Crippen LogP contribution is -2.24. The molecule has 106 valence electrons. The van der Waals surface area contributed by atoms with E-state index in [-0.39, 0.29) is 0 Å². The van der Waals surface area contributed by atoms with E-state index in [0.29, 0.717) is 6.10 Å². The number of nitrogens with one attached hydrogen (secondary N) is 1. The lowest BCUT2D eigenvalue weighted by Gasteiger charge is -2.19. The molecule has 0 radical (unpaired) electrons. The molecule has 1 aliphatic heterocycles. The maximum Gasteiger partial charge on any atom is 0.134 e. The van der Waals surface area contributed by atoms with Crippen LogP contribution in [0.5, 0.6) is 0 Å². The van der Waals surface area contributed by atoms with Gasteiger partial charge in [0.25, 0.3) is 0 Å². The fourth-order valence-corrected chi connectivity index (χ4v) is 2.38. The zero-order valence-corrected chi connectivity index (χ0v) is 12.1. The molecule has 5 nitrogen and oxygen atoms in total. The molecule has 1 unspecified atom stereocenters. The van der Waals surface area contributed by atoms with E-state index in [9.17, 15) is 0 Å². The molecule has 0 spiro atoms. The van der Waals surface area contributed by atoms with Crippen molar-refractivity contribution in [2.75, 3.05) is 37.0 Å². The molecule has 1 aromatic rings. The van der Waals surface area contributed by atoms with Gasteiger partial charge in [0, 0.05) is 39.2 Å². The van der Waals surface area contributed by atoms with Crippen LogP contribution in [-0.2, 0) is 11.2 Å². The Labute approximate surface area is 115 Å². The minimum Gasteiger partial charge on any atom is -0.380 e. The summed E-state index contributed by atoms with van der Waals surface area (Å²) in [6, 6.07) is 2.04. The summed E-state index contributed by atoms with van der Waals surface area (Å²) >= 11 is 0. The number of methoxy groups -OCH3 is 1. The second-order valence-corrected chi connectivity index (χ2v) is 4.90. The Morgan fingerprint density at radius 3 is 2.89 bits per heavy atom. The van der Waals surface area contributed by atoms with Crippen molar-refractivity contribution < 1.29 is 4.74 Å². The van der Waals surface area contributed by atoms with Crippen LogP contribution in [0.2, 0.25) is 0 Å². The highest BCUT2D eigenvalue weighted by atomic mass is 16.5. The van der Waals surface area contributed by atoms with E-state index in [1.54, 1.807) is 7.11 Å². The minimum atomic E-state index is 0.326. The first-order chi connectivity index (χ1) is 9.26. The first-order valence-electron chi connectivity index (χ1n) is 7.16. The van der Waals surface area contributed by atoms with Gasteiger partial charge in [0.1, 0.15) is 17.5 Å². The zero-order chi connectivity index (χ0) is 13.7. The van der Waals surface area contributed by atoms with Crippen LogP contribution in [0.15, 0.2) is 6.07 Å². The van der Waals surface area contributed by atoms with Gasteiger partial charge in [0.05, 0.1) is 6.10 Å². The summed E-state index contributed by atoms with van der Waals surface area (Å²) in [6.07, 6.45) is 3.39. The van der Waals surface area contributed by atoms with Gasteiger partial charge in [-0.05, 0) is 19.8 Å². The van der Waals surface area contributed by atoms with E-state index in [2.05, 4.69) is 34.0 Å². The summed E-state index contributed by atoms with van der Waals surface area (Å²) in [5.41, 5.74) is 0. The number of anilines is 2. The number of hydrogen-bond acceptors (Lipinski definition) is 5. The molecule has 5 heteroatoms. The summed E-state index contributed by atoms with van der Waals surface area (Å²) < 4.78 is 5.42. The highest BCUT2D eigenvalue weighted by Crippen LogP contribution is 2.22. The van der Waals surface area contributed by atoms with E-state index < -0.39 is 0 Å². The number of nitrogens with zero attached hydrogens (tertiary/aromatic N) is 3. The molecule has 2 rings (SSSR count). The monoisotopic (exact) mass is 264 g/mol. The van der Waals surface area contributed by atoms with E-state index in [0.717, 1.165) is 56.4 Å². The predicted octanol–water partition coefficient (Wildman–Crippen LogP) is 2.09. The standard InChI is InChI=1S/C14H24N4O/c1-4-6-12-16-13(15-5-2)9-14(17-12)18-8-7-11(10-18)19-3/h9,11H,4-8,10H2,1-3H3,(H,15,16,17). The van der Waals surface area contributed by atoms with Gasteiger partial charge in [-0.1, -0.05) is 6.92 Å². The molecular weight excluding hydrogens is 240 g/mol. The van der Waals surface area contributed by atoms with Crippen molar-refractivity contribution in [3.63, 3.8) is 0 Å². The Bertz CT molecular complexity index is 386. The van der Waals surface area contributed by atoms with Crippen LogP contribution in [0.3, 0.4) is 0 Å². The fourth-order valence-electron chi connectivity index (χ4n) is 2.38. The number of ether oxygens (including phenoxy) is 1. The van der Waals surface area contributed by atoms with Crippen molar-refractivity contribution in [1.29, 1.82) is 0 Å². The van der Waals surface area contributed by atoms with E-state index in [1.165, 1.54) is 0 Å². The summed E-state index contributed by atoms with van der Waals surface area (Å²) in [6.45, 7) is 7.04. The van der Waals surface area contributed by atoms with Gasteiger partial charge in [-0.15, -0.1) is 0 Å². The highest BCUT2D eigenvalue weighted by Gasteiger charge is 2.23. The van der Waals surface area contributed by atoms with Gasteiger partial charge >= 0.3 is 0 Å². The Hall–Kier alpha value is -1.36. The maximum absolute atomic E-state index is 5.42. The van der Waals surface area contributed by atoms with Crippen molar-refractivity contribution in [2.24, 2.45) is 0 Å². The molecule has 0 aliphatic carbocycles. The van der Waals surface area contributed by atoms with Crippen molar-refractivity contribution in [1.82, 2.24) is 9.97 Å². The summed E-state index contributed by atoms with van der Waals surface area (Å²) in [5.74, 6) is 2.88. The Balaban J connectivity index is 2.18. The lowest BCUT2D eigenvalue weighted by atomic mass is 10.3. The first kappa shape index (κ1) is 14.1. The van der Waals surface area contributed by atoms with Crippen LogP contribution in [0.25, 0.3) is 0 Å². The highest BCUT2D eigenvalue weighted by molar-refractivity contribution is 5.50. The van der Waals surface area contributed by atoms with Crippen LogP contribution < -0.4 is 10.2 Å². The Morgan fingerprint density at radius 2 is 2.26 bits per heavy atom. The number of aromatic nitrogens is 2. The van der Waals surface area contributed by atoms with Gasteiger partial charge < -0.3 is 15.0 Å². The Kier molecular flexibility index (Phi) is 4.96.